The Hall–Kier alpha value is -0.0400. The molecular formula is C12H25N. The molecule has 1 heteroatoms. The molecule has 3 saturated heterocycles. The van der Waals surface area contributed by atoms with Gasteiger partial charge in [-0.3, -0.25) is 4.90 Å². The Morgan fingerprint density at radius 1 is 1.23 bits per heavy atom. The number of nitrogens with zero attached hydrogens (tertiary/aromatic N) is 1. The first kappa shape index (κ1) is 11.0. The van der Waals surface area contributed by atoms with Gasteiger partial charge in [-0.25, -0.2) is 0 Å². The van der Waals surface area contributed by atoms with E-state index in [2.05, 4.69) is 25.7 Å². The van der Waals surface area contributed by atoms with Gasteiger partial charge >= 0.3 is 0 Å². The van der Waals surface area contributed by atoms with Crippen molar-refractivity contribution in [1.82, 2.24) is 4.90 Å². The van der Waals surface area contributed by atoms with Crippen LogP contribution < -0.4 is 0 Å². The standard InChI is InChI=1S/C10H19N.C2H6/c1-8-5-4-6-11-7-9(8)10(11,2)3;1-2/h8-9H,4-7H2,1-3H3;1-2H3. The van der Waals surface area contributed by atoms with Crippen molar-refractivity contribution in [3.63, 3.8) is 0 Å². The zero-order valence-electron chi connectivity index (χ0n) is 9.93. The lowest BCUT2D eigenvalue weighted by Gasteiger charge is -2.55. The quantitative estimate of drug-likeness (QED) is 0.557. The van der Waals surface area contributed by atoms with E-state index in [9.17, 15) is 0 Å². The van der Waals surface area contributed by atoms with E-state index in [-0.39, 0.29) is 0 Å². The smallest absolute Gasteiger partial charge is 0.0196 e. The van der Waals surface area contributed by atoms with E-state index in [0.717, 1.165) is 11.8 Å². The molecule has 3 rings (SSSR count). The predicted molar refractivity (Wildman–Crippen MR) is 58.9 cm³/mol. The number of fused-ring (bicyclic) bond motifs is 3. The molecule has 3 aliphatic heterocycles. The molecule has 0 saturated carbocycles. The maximum Gasteiger partial charge on any atom is 0.0196 e. The summed E-state index contributed by atoms with van der Waals surface area (Å²) in [5, 5.41) is 0. The lowest BCUT2D eigenvalue weighted by atomic mass is 9.71. The third-order valence-electron chi connectivity index (χ3n) is 3.91. The van der Waals surface area contributed by atoms with Crippen molar-refractivity contribution < 1.29 is 0 Å². The number of hydrogen-bond donors (Lipinski definition) is 0. The molecule has 0 radical (unpaired) electrons. The van der Waals surface area contributed by atoms with Gasteiger partial charge < -0.3 is 0 Å². The van der Waals surface area contributed by atoms with Crippen molar-refractivity contribution in [3.8, 4) is 0 Å². The molecule has 78 valence electrons. The van der Waals surface area contributed by atoms with Crippen LogP contribution in [-0.4, -0.2) is 23.5 Å². The van der Waals surface area contributed by atoms with E-state index in [1.165, 1.54) is 25.9 Å². The lowest BCUT2D eigenvalue weighted by molar-refractivity contribution is -0.0630. The second-order valence-corrected chi connectivity index (χ2v) is 4.83. The molecule has 0 amide bonds. The Bertz CT molecular complexity index is 163. The summed E-state index contributed by atoms with van der Waals surface area (Å²) in [7, 11) is 0. The van der Waals surface area contributed by atoms with Gasteiger partial charge in [0, 0.05) is 12.1 Å². The summed E-state index contributed by atoms with van der Waals surface area (Å²) in [5.74, 6) is 1.94. The highest BCUT2D eigenvalue weighted by Gasteiger charge is 2.49. The Balaban J connectivity index is 0.000000396. The average Bonchev–Trinajstić information content (AvgIpc) is 2.37. The van der Waals surface area contributed by atoms with Crippen molar-refractivity contribution in [2.75, 3.05) is 13.1 Å². The van der Waals surface area contributed by atoms with E-state index >= 15 is 0 Å². The zero-order valence-corrected chi connectivity index (χ0v) is 9.93. The molecule has 0 N–H and O–H groups in total. The van der Waals surface area contributed by atoms with Gasteiger partial charge in [0.2, 0.25) is 0 Å². The molecule has 0 spiro atoms. The third kappa shape index (κ3) is 1.76. The van der Waals surface area contributed by atoms with Crippen LogP contribution >= 0.6 is 0 Å². The summed E-state index contributed by atoms with van der Waals surface area (Å²) >= 11 is 0. The van der Waals surface area contributed by atoms with E-state index in [0.29, 0.717) is 5.54 Å². The van der Waals surface area contributed by atoms with Gasteiger partial charge in [0.25, 0.3) is 0 Å². The van der Waals surface area contributed by atoms with Gasteiger partial charge in [0.05, 0.1) is 0 Å². The molecule has 0 aliphatic carbocycles. The lowest BCUT2D eigenvalue weighted by Crippen LogP contribution is -2.64. The van der Waals surface area contributed by atoms with Crippen LogP contribution in [0.3, 0.4) is 0 Å². The number of hydrogen-bond acceptors (Lipinski definition) is 1. The largest absolute Gasteiger partial charge is 0.298 e. The second kappa shape index (κ2) is 4.00. The van der Waals surface area contributed by atoms with Gasteiger partial charge in [-0.05, 0) is 45.1 Å². The summed E-state index contributed by atoms with van der Waals surface area (Å²) in [5.41, 5.74) is 0.524. The van der Waals surface area contributed by atoms with Crippen LogP contribution in [0.2, 0.25) is 0 Å². The minimum atomic E-state index is 0.524. The highest BCUT2D eigenvalue weighted by atomic mass is 15.3. The Labute approximate surface area is 83.5 Å². The molecule has 3 atom stereocenters. The van der Waals surface area contributed by atoms with Crippen LogP contribution in [0.15, 0.2) is 0 Å². The van der Waals surface area contributed by atoms with Crippen LogP contribution in [0, 0.1) is 11.8 Å². The predicted octanol–water partition coefficient (Wildman–Crippen LogP) is 3.15. The molecule has 13 heavy (non-hydrogen) atoms. The molecule has 3 heterocycles. The SMILES string of the molecule is CC.CC1CCCN2CC1C2(C)C. The summed E-state index contributed by atoms with van der Waals surface area (Å²) in [6.45, 7) is 13.9. The summed E-state index contributed by atoms with van der Waals surface area (Å²) < 4.78 is 0. The fraction of sp³-hybridized carbons (Fsp3) is 1.00. The van der Waals surface area contributed by atoms with Crippen molar-refractivity contribution in [1.29, 1.82) is 0 Å². The highest BCUT2D eigenvalue weighted by molar-refractivity contribution is 5.03. The van der Waals surface area contributed by atoms with E-state index in [1.54, 1.807) is 0 Å². The first-order valence-electron chi connectivity index (χ1n) is 5.87. The first-order valence-corrected chi connectivity index (χ1v) is 5.87. The Kier molecular flexibility index (Phi) is 3.39. The van der Waals surface area contributed by atoms with Crippen molar-refractivity contribution in [2.45, 2.75) is 53.0 Å². The van der Waals surface area contributed by atoms with Crippen molar-refractivity contribution in [2.24, 2.45) is 11.8 Å². The normalized spacial score (nSPS) is 40.8. The molecule has 3 unspecified atom stereocenters. The second-order valence-electron chi connectivity index (χ2n) is 4.83. The molecule has 3 aliphatic rings. The maximum atomic E-state index is 2.64. The molecule has 0 aromatic carbocycles. The fourth-order valence-electron chi connectivity index (χ4n) is 2.88. The number of rotatable bonds is 0. The van der Waals surface area contributed by atoms with Crippen LogP contribution in [0.25, 0.3) is 0 Å². The first-order chi connectivity index (χ1) is 6.12. The van der Waals surface area contributed by atoms with Gasteiger partial charge in [0.15, 0.2) is 0 Å². The molecular weight excluding hydrogens is 158 g/mol. The van der Waals surface area contributed by atoms with Gasteiger partial charge in [-0.2, -0.15) is 0 Å². The van der Waals surface area contributed by atoms with E-state index in [1.807, 2.05) is 13.8 Å². The van der Waals surface area contributed by atoms with E-state index < -0.39 is 0 Å². The minimum absolute atomic E-state index is 0.524. The molecule has 2 bridgehead atoms. The van der Waals surface area contributed by atoms with Crippen LogP contribution in [-0.2, 0) is 0 Å². The summed E-state index contributed by atoms with van der Waals surface area (Å²) in [6.07, 6.45) is 2.87. The average molecular weight is 183 g/mol. The van der Waals surface area contributed by atoms with Crippen molar-refractivity contribution >= 4 is 0 Å². The molecule has 3 fully saturated rings. The molecule has 0 aromatic rings. The molecule has 1 nitrogen and oxygen atoms in total. The van der Waals surface area contributed by atoms with Crippen LogP contribution in [0.4, 0.5) is 0 Å². The third-order valence-corrected chi connectivity index (χ3v) is 3.91. The highest BCUT2D eigenvalue weighted by Crippen LogP contribution is 2.44. The topological polar surface area (TPSA) is 3.24 Å². The van der Waals surface area contributed by atoms with Crippen molar-refractivity contribution in [3.05, 3.63) is 0 Å². The van der Waals surface area contributed by atoms with Gasteiger partial charge in [-0.1, -0.05) is 20.8 Å². The summed E-state index contributed by atoms with van der Waals surface area (Å²) in [6, 6.07) is 0. The van der Waals surface area contributed by atoms with Crippen LogP contribution in [0.1, 0.15) is 47.5 Å². The summed E-state index contributed by atoms with van der Waals surface area (Å²) in [4.78, 5) is 2.64. The Morgan fingerprint density at radius 3 is 2.38 bits per heavy atom. The van der Waals surface area contributed by atoms with Gasteiger partial charge in [0.1, 0.15) is 0 Å². The zero-order chi connectivity index (χ0) is 10.1. The Morgan fingerprint density at radius 2 is 1.85 bits per heavy atom. The maximum absolute atomic E-state index is 2.64. The van der Waals surface area contributed by atoms with E-state index in [4.69, 9.17) is 0 Å². The molecule has 0 aromatic heterocycles. The van der Waals surface area contributed by atoms with Gasteiger partial charge in [-0.15, -0.1) is 0 Å². The minimum Gasteiger partial charge on any atom is -0.298 e. The van der Waals surface area contributed by atoms with Crippen LogP contribution in [0.5, 0.6) is 0 Å². The fourth-order valence-corrected chi connectivity index (χ4v) is 2.88. The monoisotopic (exact) mass is 183 g/mol.